The molecule has 2 aromatic carbocycles. The molecule has 0 radical (unpaired) electrons. The normalized spacial score (nSPS) is 11.9. The van der Waals surface area contributed by atoms with Gasteiger partial charge in [-0.3, -0.25) is 4.79 Å². The lowest BCUT2D eigenvalue weighted by atomic mass is 10.2. The van der Waals surface area contributed by atoms with Gasteiger partial charge in [-0.15, -0.1) is 0 Å². The number of hydrogen-bond acceptors (Lipinski definition) is 6. The van der Waals surface area contributed by atoms with Crippen LogP contribution in [0.1, 0.15) is 26.3 Å². The van der Waals surface area contributed by atoms with E-state index in [4.69, 9.17) is 9.47 Å². The number of nitrogens with zero attached hydrogens (tertiary/aromatic N) is 1. The lowest BCUT2D eigenvalue weighted by Crippen LogP contribution is -2.50. The van der Waals surface area contributed by atoms with E-state index in [0.717, 1.165) is 0 Å². The summed E-state index contributed by atoms with van der Waals surface area (Å²) < 4.78 is 104. The van der Waals surface area contributed by atoms with Crippen LogP contribution in [0.5, 0.6) is 0 Å². The molecule has 2 aromatic rings. The molecule has 0 atom stereocenters. The van der Waals surface area contributed by atoms with Gasteiger partial charge in [-0.25, -0.2) is 40.6 Å². The minimum Gasteiger partial charge on any atom is -0.460 e. The zero-order valence-corrected chi connectivity index (χ0v) is 18.8. The van der Waals surface area contributed by atoms with Gasteiger partial charge in [0.25, 0.3) is 10.0 Å². The Kier molecular flexibility index (Phi) is 8.21. The quantitative estimate of drug-likeness (QED) is 0.201. The Morgan fingerprint density at radius 2 is 1.41 bits per heavy atom. The highest BCUT2D eigenvalue weighted by Gasteiger charge is 2.39. The van der Waals surface area contributed by atoms with Crippen LogP contribution in [0.2, 0.25) is 0 Å². The maximum atomic E-state index is 14.2. The maximum Gasteiger partial charge on any atom is 0.423 e. The Morgan fingerprint density at radius 1 is 0.912 bits per heavy atom. The van der Waals surface area contributed by atoms with E-state index in [-0.39, 0.29) is 11.0 Å². The van der Waals surface area contributed by atoms with E-state index in [2.05, 4.69) is 0 Å². The van der Waals surface area contributed by atoms with E-state index in [1.807, 2.05) is 0 Å². The number of sulfonamides is 1. The lowest BCUT2D eigenvalue weighted by Gasteiger charge is -2.25. The van der Waals surface area contributed by atoms with Crippen molar-refractivity contribution in [3.05, 3.63) is 65.0 Å². The summed E-state index contributed by atoms with van der Waals surface area (Å²) in [6.07, 6.45) is -1.50. The smallest absolute Gasteiger partial charge is 0.423 e. The van der Waals surface area contributed by atoms with Gasteiger partial charge in [0.05, 0.1) is 0 Å². The molecule has 14 heteroatoms. The predicted molar refractivity (Wildman–Crippen MR) is 106 cm³/mol. The van der Waals surface area contributed by atoms with Gasteiger partial charge in [-0.2, -0.15) is 0 Å². The van der Waals surface area contributed by atoms with Crippen molar-refractivity contribution in [2.75, 3.05) is 6.54 Å². The molecule has 0 spiro atoms. The van der Waals surface area contributed by atoms with E-state index < -0.39 is 68.2 Å². The summed E-state index contributed by atoms with van der Waals surface area (Å²) in [5.41, 5.74) is 0.869. The number of nitrogens with one attached hydrogen (secondary N) is 1. The zero-order valence-electron chi connectivity index (χ0n) is 18.0. The summed E-state index contributed by atoms with van der Waals surface area (Å²) in [6.45, 7) is 2.44. The molecule has 0 aliphatic rings. The summed E-state index contributed by atoms with van der Waals surface area (Å²) in [6, 6.07) is 8.04. The third kappa shape index (κ3) is 6.41. The van der Waals surface area contributed by atoms with Crippen molar-refractivity contribution < 1.29 is 49.4 Å². The molecule has 1 N–H and O–H groups in total. The summed E-state index contributed by atoms with van der Waals surface area (Å²) in [7, 11) is -5.73. The van der Waals surface area contributed by atoms with Gasteiger partial charge in [-0.05, 0) is 26.3 Å². The second-order valence-corrected chi connectivity index (χ2v) is 9.47. The average Bonchev–Trinajstić information content (AvgIpc) is 2.74. The Hall–Kier alpha value is -3.26. The molecule has 0 saturated heterocycles. The van der Waals surface area contributed by atoms with Crippen LogP contribution in [0.4, 0.5) is 26.7 Å². The highest BCUT2D eigenvalue weighted by Crippen LogP contribution is 2.28. The van der Waals surface area contributed by atoms with Crippen molar-refractivity contribution in [2.45, 2.75) is 37.9 Å². The van der Waals surface area contributed by atoms with Crippen LogP contribution in [0, 0.1) is 29.1 Å². The van der Waals surface area contributed by atoms with Crippen molar-refractivity contribution in [3.63, 3.8) is 0 Å². The number of hydrazine groups is 1. The van der Waals surface area contributed by atoms with Gasteiger partial charge in [0.2, 0.25) is 5.82 Å². The highest BCUT2D eigenvalue weighted by atomic mass is 32.2. The standard InChI is InChI=1S/C20H19F5N2O6S/c1-20(2,3)33-19(29)26-27(9-12(28)32-10-11-7-5-4-6-8-11)34(30,31)18-16(24)14(22)13(21)15(23)17(18)25/h4-8H,9-10H2,1-3H3,(H,26,29). The van der Waals surface area contributed by atoms with Crippen LogP contribution in [0.25, 0.3) is 0 Å². The Labute approximate surface area is 191 Å². The Bertz CT molecular complexity index is 1160. The summed E-state index contributed by atoms with van der Waals surface area (Å²) >= 11 is 0. The number of benzene rings is 2. The third-order valence-electron chi connectivity index (χ3n) is 3.85. The van der Waals surface area contributed by atoms with Crippen LogP contribution >= 0.6 is 0 Å². The summed E-state index contributed by atoms with van der Waals surface area (Å²) in [5, 5.41) is 0. The van der Waals surface area contributed by atoms with Crippen molar-refractivity contribution >= 4 is 22.1 Å². The summed E-state index contributed by atoms with van der Waals surface area (Å²) in [5.74, 6) is -14.4. The fourth-order valence-electron chi connectivity index (χ4n) is 2.41. The zero-order chi connectivity index (χ0) is 25.8. The number of amides is 1. The van der Waals surface area contributed by atoms with Gasteiger partial charge >= 0.3 is 12.1 Å². The van der Waals surface area contributed by atoms with Gasteiger partial charge < -0.3 is 9.47 Å². The van der Waals surface area contributed by atoms with Crippen LogP contribution in [0.15, 0.2) is 35.2 Å². The lowest BCUT2D eigenvalue weighted by molar-refractivity contribution is -0.145. The summed E-state index contributed by atoms with van der Waals surface area (Å²) in [4.78, 5) is 22.0. The molecule has 0 saturated carbocycles. The highest BCUT2D eigenvalue weighted by molar-refractivity contribution is 7.89. The molecular formula is C20H19F5N2O6S. The molecule has 0 aliphatic heterocycles. The molecule has 0 bridgehead atoms. The van der Waals surface area contributed by atoms with Gasteiger partial charge in [0, 0.05) is 0 Å². The van der Waals surface area contributed by atoms with E-state index >= 15 is 0 Å². The van der Waals surface area contributed by atoms with Crippen LogP contribution in [-0.4, -0.2) is 37.0 Å². The van der Waals surface area contributed by atoms with E-state index in [1.165, 1.54) is 20.8 Å². The predicted octanol–water partition coefficient (Wildman–Crippen LogP) is 3.56. The fourth-order valence-corrected chi connectivity index (χ4v) is 3.73. The van der Waals surface area contributed by atoms with Crippen molar-refractivity contribution in [1.29, 1.82) is 0 Å². The Balaban J connectivity index is 2.42. The molecule has 0 fully saturated rings. The third-order valence-corrected chi connectivity index (χ3v) is 5.52. The second-order valence-electron chi connectivity index (χ2n) is 7.67. The molecule has 186 valence electrons. The number of carbonyl (C=O) groups is 2. The monoisotopic (exact) mass is 510 g/mol. The first-order chi connectivity index (χ1) is 15.6. The first-order valence-electron chi connectivity index (χ1n) is 9.38. The van der Waals surface area contributed by atoms with Crippen LogP contribution < -0.4 is 5.43 Å². The van der Waals surface area contributed by atoms with Gasteiger partial charge in [-0.1, -0.05) is 34.7 Å². The van der Waals surface area contributed by atoms with Gasteiger partial charge in [0.1, 0.15) is 18.8 Å². The van der Waals surface area contributed by atoms with Crippen LogP contribution in [-0.2, 0) is 30.9 Å². The number of halogens is 5. The number of hydrogen-bond donors (Lipinski definition) is 1. The number of esters is 1. The second kappa shape index (κ2) is 10.3. The minimum absolute atomic E-state index is 0.341. The fraction of sp³-hybridized carbons (Fsp3) is 0.300. The number of rotatable bonds is 7. The Morgan fingerprint density at radius 3 is 1.91 bits per heavy atom. The first-order valence-corrected chi connectivity index (χ1v) is 10.8. The minimum atomic E-state index is -5.73. The number of ether oxygens (including phenoxy) is 2. The van der Waals surface area contributed by atoms with Gasteiger partial charge in [0.15, 0.2) is 28.2 Å². The topological polar surface area (TPSA) is 102 Å². The molecule has 8 nitrogen and oxygen atoms in total. The molecule has 0 aliphatic carbocycles. The SMILES string of the molecule is CC(C)(C)OC(=O)NN(CC(=O)OCc1ccccc1)S(=O)(=O)c1c(F)c(F)c(F)c(F)c1F. The number of carbonyl (C=O) groups excluding carboxylic acids is 2. The maximum absolute atomic E-state index is 14.2. The average molecular weight is 510 g/mol. The van der Waals surface area contributed by atoms with E-state index in [9.17, 15) is 40.0 Å². The molecule has 1 amide bonds. The molecule has 2 rings (SSSR count). The van der Waals surface area contributed by atoms with Crippen LogP contribution in [0.3, 0.4) is 0 Å². The largest absolute Gasteiger partial charge is 0.460 e. The van der Waals surface area contributed by atoms with Crippen molar-refractivity contribution in [3.8, 4) is 0 Å². The molecule has 0 unspecified atom stereocenters. The first kappa shape index (κ1) is 27.0. The van der Waals surface area contributed by atoms with E-state index in [0.29, 0.717) is 5.56 Å². The molecular weight excluding hydrogens is 491 g/mol. The van der Waals surface area contributed by atoms with E-state index in [1.54, 1.807) is 35.8 Å². The molecule has 34 heavy (non-hydrogen) atoms. The van der Waals surface area contributed by atoms with Crippen molar-refractivity contribution in [1.82, 2.24) is 9.84 Å². The molecule has 0 aromatic heterocycles. The van der Waals surface area contributed by atoms with Crippen molar-refractivity contribution in [2.24, 2.45) is 0 Å². The molecule has 0 heterocycles.